The largest absolute Gasteiger partial charge is 0.452 e. The number of aromatic nitrogens is 2. The molecule has 1 saturated heterocycles. The van der Waals surface area contributed by atoms with Crippen molar-refractivity contribution in [3.8, 4) is 11.6 Å². The number of benzene rings is 1. The van der Waals surface area contributed by atoms with E-state index in [0.29, 0.717) is 24.2 Å². The Morgan fingerprint density at radius 3 is 3.00 bits per heavy atom. The van der Waals surface area contributed by atoms with E-state index in [9.17, 15) is 4.79 Å². The van der Waals surface area contributed by atoms with Crippen LogP contribution in [-0.2, 0) is 0 Å². The molecule has 1 aliphatic heterocycles. The predicted molar refractivity (Wildman–Crippen MR) is 102 cm³/mol. The number of likely N-dealkylation sites (tertiary alicyclic amines) is 1. The van der Waals surface area contributed by atoms with Gasteiger partial charge in [-0.2, -0.15) is 4.98 Å². The minimum absolute atomic E-state index is 0.0392. The summed E-state index contributed by atoms with van der Waals surface area (Å²) in [5.74, 6) is 0.448. The molecule has 2 aromatic heterocycles. The molecule has 0 saturated carbocycles. The van der Waals surface area contributed by atoms with Crippen molar-refractivity contribution in [2.24, 2.45) is 0 Å². The van der Waals surface area contributed by atoms with Gasteiger partial charge in [-0.15, -0.1) is 0 Å². The van der Waals surface area contributed by atoms with E-state index in [1.54, 1.807) is 0 Å². The van der Waals surface area contributed by atoms with Gasteiger partial charge in [0.1, 0.15) is 5.58 Å². The zero-order valence-corrected chi connectivity index (χ0v) is 15.9. The summed E-state index contributed by atoms with van der Waals surface area (Å²) in [6.07, 6.45) is 2.27. The molecule has 1 aliphatic rings. The molecule has 1 fully saturated rings. The number of carbonyl (C=O) groups is 1. The van der Waals surface area contributed by atoms with Gasteiger partial charge in [-0.3, -0.25) is 9.69 Å². The molecule has 4 rings (SSSR count). The molecular formula is C20H24N4O3. The van der Waals surface area contributed by atoms with Gasteiger partial charge in [-0.05, 0) is 45.3 Å². The number of likely N-dealkylation sites (N-methyl/N-ethyl adjacent to an activating group) is 1. The van der Waals surface area contributed by atoms with Gasteiger partial charge in [0.25, 0.3) is 0 Å². The third-order valence-corrected chi connectivity index (χ3v) is 5.39. The predicted octanol–water partition coefficient (Wildman–Crippen LogP) is 3.31. The molecule has 0 bridgehead atoms. The van der Waals surface area contributed by atoms with Crippen LogP contribution in [0.15, 0.2) is 27.1 Å². The van der Waals surface area contributed by atoms with Crippen molar-refractivity contribution in [2.45, 2.75) is 39.7 Å². The van der Waals surface area contributed by atoms with Crippen LogP contribution in [0.1, 0.15) is 41.6 Å². The third kappa shape index (κ3) is 3.23. The van der Waals surface area contributed by atoms with Crippen molar-refractivity contribution >= 4 is 16.9 Å². The highest BCUT2D eigenvalue weighted by atomic mass is 16.5. The third-order valence-electron chi connectivity index (χ3n) is 5.39. The number of hydrogen-bond donors (Lipinski definition) is 1. The van der Waals surface area contributed by atoms with E-state index in [-0.39, 0.29) is 11.8 Å². The lowest BCUT2D eigenvalue weighted by atomic mass is 10.1. The number of amides is 1. The zero-order chi connectivity index (χ0) is 19.0. The summed E-state index contributed by atoms with van der Waals surface area (Å²) >= 11 is 0. The number of fused-ring (bicyclic) bond motifs is 1. The van der Waals surface area contributed by atoms with Gasteiger partial charge in [-0.25, -0.2) is 0 Å². The highest BCUT2D eigenvalue weighted by Gasteiger charge is 2.25. The first-order valence-electron chi connectivity index (χ1n) is 9.43. The molecule has 0 spiro atoms. The lowest BCUT2D eigenvalue weighted by molar-refractivity contribution is 0.0897. The van der Waals surface area contributed by atoms with E-state index in [1.165, 1.54) is 6.42 Å². The lowest BCUT2D eigenvalue weighted by Crippen LogP contribution is -2.40. The molecule has 0 aliphatic carbocycles. The SMILES string of the molecule is CCN1CCCC1CNC(=O)c1nc(-c2oc3c(C)cccc3c2C)no1. The molecule has 1 N–H and O–H groups in total. The van der Waals surface area contributed by atoms with Crippen LogP contribution in [0.2, 0.25) is 0 Å². The van der Waals surface area contributed by atoms with Gasteiger partial charge >= 0.3 is 11.8 Å². The Labute approximate surface area is 157 Å². The molecule has 0 radical (unpaired) electrons. The van der Waals surface area contributed by atoms with E-state index >= 15 is 0 Å². The number of para-hydroxylation sites is 1. The van der Waals surface area contributed by atoms with Crippen LogP contribution in [0.3, 0.4) is 0 Å². The second-order valence-electron chi connectivity index (χ2n) is 7.07. The Morgan fingerprint density at radius 2 is 2.22 bits per heavy atom. The topological polar surface area (TPSA) is 84.4 Å². The number of furan rings is 1. The first-order valence-corrected chi connectivity index (χ1v) is 9.43. The normalized spacial score (nSPS) is 17.7. The van der Waals surface area contributed by atoms with Crippen LogP contribution in [0.4, 0.5) is 0 Å². The second-order valence-corrected chi connectivity index (χ2v) is 7.07. The van der Waals surface area contributed by atoms with Gasteiger partial charge in [-0.1, -0.05) is 30.3 Å². The monoisotopic (exact) mass is 368 g/mol. The van der Waals surface area contributed by atoms with Crippen molar-refractivity contribution in [3.63, 3.8) is 0 Å². The highest BCUT2D eigenvalue weighted by Crippen LogP contribution is 2.33. The maximum atomic E-state index is 12.4. The smallest absolute Gasteiger partial charge is 0.316 e. The maximum Gasteiger partial charge on any atom is 0.316 e. The minimum Gasteiger partial charge on any atom is -0.452 e. The number of carbonyl (C=O) groups excluding carboxylic acids is 1. The Bertz CT molecular complexity index is 975. The first-order chi connectivity index (χ1) is 13.1. The van der Waals surface area contributed by atoms with Crippen LogP contribution in [0, 0.1) is 13.8 Å². The summed E-state index contributed by atoms with van der Waals surface area (Å²) in [7, 11) is 0. The fourth-order valence-corrected chi connectivity index (χ4v) is 3.83. The second kappa shape index (κ2) is 7.15. The summed E-state index contributed by atoms with van der Waals surface area (Å²) in [5.41, 5.74) is 2.79. The number of rotatable bonds is 5. The molecule has 7 heteroatoms. The Morgan fingerprint density at radius 1 is 1.37 bits per heavy atom. The molecule has 7 nitrogen and oxygen atoms in total. The Hall–Kier alpha value is -2.67. The molecule has 142 valence electrons. The lowest BCUT2D eigenvalue weighted by Gasteiger charge is -2.22. The molecule has 1 atom stereocenters. The molecule has 3 aromatic rings. The summed E-state index contributed by atoms with van der Waals surface area (Å²) in [6, 6.07) is 6.36. The van der Waals surface area contributed by atoms with Crippen LogP contribution in [-0.4, -0.2) is 46.6 Å². The quantitative estimate of drug-likeness (QED) is 0.744. The molecule has 3 heterocycles. The van der Waals surface area contributed by atoms with Gasteiger partial charge < -0.3 is 14.3 Å². The molecule has 1 unspecified atom stereocenters. The van der Waals surface area contributed by atoms with Crippen LogP contribution in [0.25, 0.3) is 22.6 Å². The Kier molecular flexibility index (Phi) is 4.70. The summed E-state index contributed by atoms with van der Waals surface area (Å²) < 4.78 is 11.1. The summed E-state index contributed by atoms with van der Waals surface area (Å²) in [6.45, 7) is 8.76. The summed E-state index contributed by atoms with van der Waals surface area (Å²) in [4.78, 5) is 19.0. The summed E-state index contributed by atoms with van der Waals surface area (Å²) in [5, 5.41) is 7.88. The molecule has 1 amide bonds. The van der Waals surface area contributed by atoms with E-state index in [4.69, 9.17) is 8.94 Å². The van der Waals surface area contributed by atoms with Crippen LogP contribution in [0.5, 0.6) is 0 Å². The van der Waals surface area contributed by atoms with Crippen molar-refractivity contribution in [3.05, 3.63) is 35.2 Å². The average molecular weight is 368 g/mol. The standard InChI is InChI=1S/C20H24N4O3/c1-4-24-10-6-8-14(24)11-21-19(25)20-22-18(23-27-20)17-13(3)15-9-5-7-12(2)16(15)26-17/h5,7,9,14H,4,6,8,10-11H2,1-3H3,(H,21,25). The Balaban J connectivity index is 1.51. The van der Waals surface area contributed by atoms with E-state index in [2.05, 4.69) is 27.3 Å². The molecule has 27 heavy (non-hydrogen) atoms. The fourth-order valence-electron chi connectivity index (χ4n) is 3.83. The average Bonchev–Trinajstić information content (AvgIpc) is 3.39. The van der Waals surface area contributed by atoms with Gasteiger partial charge in [0.15, 0.2) is 5.76 Å². The van der Waals surface area contributed by atoms with Crippen LogP contribution < -0.4 is 5.32 Å². The fraction of sp³-hybridized carbons (Fsp3) is 0.450. The van der Waals surface area contributed by atoms with E-state index in [1.807, 2.05) is 32.0 Å². The number of hydrogen-bond acceptors (Lipinski definition) is 6. The number of nitrogens with zero attached hydrogens (tertiary/aromatic N) is 3. The van der Waals surface area contributed by atoms with Crippen LogP contribution >= 0.6 is 0 Å². The number of nitrogens with one attached hydrogen (secondary N) is 1. The van der Waals surface area contributed by atoms with Crippen molar-refractivity contribution in [1.29, 1.82) is 0 Å². The highest BCUT2D eigenvalue weighted by molar-refractivity contribution is 5.91. The van der Waals surface area contributed by atoms with Crippen molar-refractivity contribution in [2.75, 3.05) is 19.6 Å². The van der Waals surface area contributed by atoms with Gasteiger partial charge in [0.2, 0.25) is 5.82 Å². The molecule has 1 aromatic carbocycles. The minimum atomic E-state index is -0.346. The van der Waals surface area contributed by atoms with Gasteiger partial charge in [0.05, 0.1) is 0 Å². The number of aryl methyl sites for hydroxylation is 2. The van der Waals surface area contributed by atoms with E-state index in [0.717, 1.165) is 41.6 Å². The van der Waals surface area contributed by atoms with E-state index < -0.39 is 0 Å². The van der Waals surface area contributed by atoms with Gasteiger partial charge in [0, 0.05) is 23.5 Å². The molecular weight excluding hydrogens is 344 g/mol. The van der Waals surface area contributed by atoms with Crippen molar-refractivity contribution < 1.29 is 13.7 Å². The first kappa shape index (κ1) is 17.7. The van der Waals surface area contributed by atoms with Crippen molar-refractivity contribution in [1.82, 2.24) is 20.4 Å². The zero-order valence-electron chi connectivity index (χ0n) is 15.9. The maximum absolute atomic E-state index is 12.4.